The van der Waals surface area contributed by atoms with Gasteiger partial charge in [0.15, 0.2) is 0 Å². The fraction of sp³-hybridized carbons (Fsp3) is 1.00. The van der Waals surface area contributed by atoms with Gasteiger partial charge in [-0.25, -0.2) is 0 Å². The molecule has 1 unspecified atom stereocenters. The van der Waals surface area contributed by atoms with E-state index in [2.05, 4.69) is 17.1 Å². The van der Waals surface area contributed by atoms with Crippen molar-refractivity contribution in [3.63, 3.8) is 0 Å². The number of nitrogens with zero attached hydrogens (tertiary/aromatic N) is 1. The third-order valence-corrected chi connectivity index (χ3v) is 6.76. The van der Waals surface area contributed by atoms with Crippen molar-refractivity contribution in [3.05, 3.63) is 0 Å². The second-order valence-corrected chi connectivity index (χ2v) is 8.15. The summed E-state index contributed by atoms with van der Waals surface area (Å²) in [5.41, 5.74) is 0.974. The Hall–Kier alpha value is -0.0800. The average Bonchev–Trinajstić information content (AvgIpc) is 3.12. The van der Waals surface area contributed by atoms with Crippen LogP contribution in [0.3, 0.4) is 0 Å². The molecule has 4 fully saturated rings. The molecule has 2 nitrogen and oxygen atoms in total. The molecule has 1 atom stereocenters. The van der Waals surface area contributed by atoms with E-state index in [1.807, 2.05) is 0 Å². The number of hydrogen-bond donors (Lipinski definition) is 1. The molecular weight excluding hydrogens is 232 g/mol. The lowest BCUT2D eigenvalue weighted by atomic mass is 9.79. The fourth-order valence-electron chi connectivity index (χ4n) is 4.83. The van der Waals surface area contributed by atoms with Gasteiger partial charge in [0, 0.05) is 30.7 Å². The van der Waals surface area contributed by atoms with Crippen molar-refractivity contribution in [3.8, 4) is 0 Å². The maximum absolute atomic E-state index is 4.00. The smallest absolute Gasteiger partial charge is 0.0335 e. The summed E-state index contributed by atoms with van der Waals surface area (Å²) in [5, 5.41) is 4.00. The molecule has 19 heavy (non-hydrogen) atoms. The fourth-order valence-corrected chi connectivity index (χ4v) is 4.83. The Balaban J connectivity index is 1.51. The highest BCUT2D eigenvalue weighted by molar-refractivity contribution is 5.10. The molecule has 0 bridgehead atoms. The molecule has 1 aliphatic heterocycles. The van der Waals surface area contributed by atoms with Gasteiger partial charge >= 0.3 is 0 Å². The largest absolute Gasteiger partial charge is 0.308 e. The number of nitrogens with one attached hydrogen (secondary N) is 1. The van der Waals surface area contributed by atoms with Crippen molar-refractivity contribution < 1.29 is 0 Å². The van der Waals surface area contributed by atoms with Gasteiger partial charge in [0.05, 0.1) is 0 Å². The summed E-state index contributed by atoms with van der Waals surface area (Å²) >= 11 is 0. The molecule has 2 heteroatoms. The first-order valence-electron chi connectivity index (χ1n) is 8.70. The lowest BCUT2D eigenvalue weighted by Gasteiger charge is -2.54. The van der Waals surface area contributed by atoms with Crippen LogP contribution in [0, 0.1) is 11.8 Å². The van der Waals surface area contributed by atoms with Crippen molar-refractivity contribution >= 4 is 0 Å². The molecule has 3 saturated carbocycles. The first-order valence-corrected chi connectivity index (χ1v) is 8.70. The van der Waals surface area contributed by atoms with Crippen LogP contribution in [0.15, 0.2) is 0 Å². The predicted octanol–water partition coefficient (Wildman–Crippen LogP) is 3.17. The van der Waals surface area contributed by atoms with Crippen LogP contribution in [0.4, 0.5) is 0 Å². The minimum atomic E-state index is 0.476. The van der Waals surface area contributed by atoms with E-state index in [1.54, 1.807) is 0 Å². The van der Waals surface area contributed by atoms with E-state index in [9.17, 15) is 0 Å². The van der Waals surface area contributed by atoms with E-state index in [4.69, 9.17) is 0 Å². The zero-order chi connectivity index (χ0) is 12.9. The Morgan fingerprint density at radius 3 is 2.37 bits per heavy atom. The lowest BCUT2D eigenvalue weighted by molar-refractivity contribution is -0.0163. The average molecular weight is 262 g/mol. The summed E-state index contributed by atoms with van der Waals surface area (Å²) in [6.45, 7) is 6.55. The van der Waals surface area contributed by atoms with Gasteiger partial charge in [-0.05, 0) is 57.3 Å². The van der Waals surface area contributed by atoms with Gasteiger partial charge < -0.3 is 5.32 Å². The topological polar surface area (TPSA) is 15.3 Å². The summed E-state index contributed by atoms with van der Waals surface area (Å²) in [7, 11) is 0. The van der Waals surface area contributed by atoms with Crippen molar-refractivity contribution in [2.45, 2.75) is 75.8 Å². The van der Waals surface area contributed by atoms with Gasteiger partial charge in [0.1, 0.15) is 0 Å². The normalized spacial score (nSPS) is 39.6. The standard InChI is InChI=1S/C17H30N2/c1-16(15-7-8-15)12-18-17(9-2-3-10-17)13-19(16)11-14-5-4-6-14/h14-15,18H,2-13H2,1H3. The quantitative estimate of drug-likeness (QED) is 0.840. The maximum Gasteiger partial charge on any atom is 0.0335 e. The summed E-state index contributed by atoms with van der Waals surface area (Å²) < 4.78 is 0. The van der Waals surface area contributed by atoms with Gasteiger partial charge in [-0.2, -0.15) is 0 Å². The summed E-state index contributed by atoms with van der Waals surface area (Å²) in [6, 6.07) is 0. The van der Waals surface area contributed by atoms with Gasteiger partial charge in [-0.15, -0.1) is 0 Å². The highest BCUT2D eigenvalue weighted by atomic mass is 15.3. The maximum atomic E-state index is 4.00. The van der Waals surface area contributed by atoms with Crippen LogP contribution in [0.25, 0.3) is 0 Å². The van der Waals surface area contributed by atoms with Gasteiger partial charge in [0.25, 0.3) is 0 Å². The molecular formula is C17H30N2. The zero-order valence-electron chi connectivity index (χ0n) is 12.6. The number of hydrogen-bond acceptors (Lipinski definition) is 2. The Bertz CT molecular complexity index is 339. The second kappa shape index (κ2) is 4.46. The Kier molecular flexibility index (Phi) is 2.97. The van der Waals surface area contributed by atoms with Crippen LogP contribution in [0.2, 0.25) is 0 Å². The first kappa shape index (κ1) is 12.6. The van der Waals surface area contributed by atoms with E-state index in [0.29, 0.717) is 11.1 Å². The molecule has 1 spiro atoms. The van der Waals surface area contributed by atoms with E-state index in [1.165, 1.54) is 77.4 Å². The summed E-state index contributed by atoms with van der Waals surface area (Å²) in [5.74, 6) is 2.01. The molecule has 0 aromatic heterocycles. The molecule has 0 aromatic carbocycles. The summed E-state index contributed by atoms with van der Waals surface area (Å²) in [6.07, 6.45) is 13.2. The molecule has 0 aromatic rings. The van der Waals surface area contributed by atoms with E-state index in [-0.39, 0.29) is 0 Å². The molecule has 1 saturated heterocycles. The van der Waals surface area contributed by atoms with Gasteiger partial charge in [0.2, 0.25) is 0 Å². The molecule has 108 valence electrons. The van der Waals surface area contributed by atoms with Crippen LogP contribution >= 0.6 is 0 Å². The minimum absolute atomic E-state index is 0.476. The first-order chi connectivity index (χ1) is 9.20. The SMILES string of the molecule is CC1(C2CC2)CNC2(CCCC2)CN1CC1CCC1. The van der Waals surface area contributed by atoms with Crippen LogP contribution in [-0.2, 0) is 0 Å². The Morgan fingerprint density at radius 2 is 1.79 bits per heavy atom. The minimum Gasteiger partial charge on any atom is -0.308 e. The van der Waals surface area contributed by atoms with Gasteiger partial charge in [-0.3, -0.25) is 4.90 Å². The van der Waals surface area contributed by atoms with Gasteiger partial charge in [-0.1, -0.05) is 19.3 Å². The third kappa shape index (κ3) is 2.15. The number of rotatable bonds is 3. The predicted molar refractivity (Wildman–Crippen MR) is 79.2 cm³/mol. The van der Waals surface area contributed by atoms with Crippen molar-refractivity contribution in [2.24, 2.45) is 11.8 Å². The lowest BCUT2D eigenvalue weighted by Crippen LogP contribution is -2.69. The summed E-state index contributed by atoms with van der Waals surface area (Å²) in [4.78, 5) is 2.94. The number of piperazine rings is 1. The Morgan fingerprint density at radius 1 is 1.05 bits per heavy atom. The van der Waals surface area contributed by atoms with Crippen molar-refractivity contribution in [2.75, 3.05) is 19.6 Å². The molecule has 3 aliphatic carbocycles. The van der Waals surface area contributed by atoms with Crippen LogP contribution < -0.4 is 5.32 Å². The third-order valence-electron chi connectivity index (χ3n) is 6.76. The monoisotopic (exact) mass is 262 g/mol. The van der Waals surface area contributed by atoms with E-state index >= 15 is 0 Å². The van der Waals surface area contributed by atoms with Crippen molar-refractivity contribution in [1.82, 2.24) is 10.2 Å². The molecule has 0 radical (unpaired) electrons. The van der Waals surface area contributed by atoms with Crippen LogP contribution in [0.5, 0.6) is 0 Å². The highest BCUT2D eigenvalue weighted by Gasteiger charge is 2.52. The zero-order valence-corrected chi connectivity index (χ0v) is 12.6. The van der Waals surface area contributed by atoms with Crippen LogP contribution in [-0.4, -0.2) is 35.6 Å². The Labute approximate surface area is 118 Å². The highest BCUT2D eigenvalue weighted by Crippen LogP contribution is 2.47. The second-order valence-electron chi connectivity index (χ2n) is 8.15. The van der Waals surface area contributed by atoms with Crippen molar-refractivity contribution in [1.29, 1.82) is 0 Å². The molecule has 4 aliphatic rings. The molecule has 4 rings (SSSR count). The molecule has 1 heterocycles. The van der Waals surface area contributed by atoms with Crippen LogP contribution in [0.1, 0.15) is 64.7 Å². The van der Waals surface area contributed by atoms with E-state index < -0.39 is 0 Å². The van der Waals surface area contributed by atoms with E-state index in [0.717, 1.165) is 11.8 Å². The molecule has 0 amide bonds. The molecule has 1 N–H and O–H groups in total.